The molecule has 1 aromatic rings. The summed E-state index contributed by atoms with van der Waals surface area (Å²) in [6, 6.07) is 3.92. The van der Waals surface area contributed by atoms with Crippen molar-refractivity contribution in [3.8, 4) is 5.75 Å². The summed E-state index contributed by atoms with van der Waals surface area (Å²) >= 11 is 0. The topological polar surface area (TPSA) is 64.3 Å². The quantitative estimate of drug-likeness (QED) is 0.779. The molecule has 3 N–H and O–H groups in total. The average Bonchev–Trinajstić information content (AvgIpc) is 2.34. The van der Waals surface area contributed by atoms with Crippen LogP contribution >= 0.6 is 0 Å². The van der Waals surface area contributed by atoms with Crippen LogP contribution in [0, 0.1) is 5.82 Å². The Morgan fingerprint density at radius 1 is 1.47 bits per heavy atom. The second-order valence-electron chi connectivity index (χ2n) is 4.64. The van der Waals surface area contributed by atoms with Gasteiger partial charge in [-0.1, -0.05) is 13.3 Å². The molecule has 106 valence electrons. The van der Waals surface area contributed by atoms with Crippen LogP contribution in [-0.2, 0) is 4.79 Å². The lowest BCUT2D eigenvalue weighted by atomic mass is 10.2. The maximum absolute atomic E-state index is 13.1. The van der Waals surface area contributed by atoms with Gasteiger partial charge in [-0.05, 0) is 32.4 Å². The first-order valence-electron chi connectivity index (χ1n) is 6.46. The molecule has 0 radical (unpaired) electrons. The molecule has 0 heterocycles. The number of rotatable bonds is 6. The van der Waals surface area contributed by atoms with Crippen molar-refractivity contribution >= 4 is 11.6 Å². The molecular weight excluding hydrogens is 247 g/mol. The monoisotopic (exact) mass is 268 g/mol. The highest BCUT2D eigenvalue weighted by atomic mass is 19.1. The molecule has 0 aromatic heterocycles. The van der Waals surface area contributed by atoms with Crippen LogP contribution in [0.15, 0.2) is 18.2 Å². The van der Waals surface area contributed by atoms with Gasteiger partial charge in [0.2, 0.25) is 0 Å². The van der Waals surface area contributed by atoms with E-state index in [1.54, 1.807) is 6.92 Å². The van der Waals surface area contributed by atoms with Crippen molar-refractivity contribution in [2.24, 2.45) is 0 Å². The van der Waals surface area contributed by atoms with Crippen molar-refractivity contribution in [2.45, 2.75) is 45.8 Å². The molecule has 5 heteroatoms. The van der Waals surface area contributed by atoms with E-state index in [9.17, 15) is 9.18 Å². The fourth-order valence-corrected chi connectivity index (χ4v) is 1.72. The number of anilines is 1. The van der Waals surface area contributed by atoms with Crippen molar-refractivity contribution in [1.29, 1.82) is 0 Å². The van der Waals surface area contributed by atoms with Crippen LogP contribution in [0.3, 0.4) is 0 Å². The zero-order chi connectivity index (χ0) is 14.4. The van der Waals surface area contributed by atoms with Gasteiger partial charge in [-0.25, -0.2) is 4.39 Å². The molecule has 0 spiro atoms. The minimum absolute atomic E-state index is 0.0911. The highest BCUT2D eigenvalue weighted by molar-refractivity contribution is 5.81. The van der Waals surface area contributed by atoms with Crippen LogP contribution in [-0.4, -0.2) is 18.1 Å². The Kier molecular flexibility index (Phi) is 5.60. The largest absolute Gasteiger partial charge is 0.479 e. The molecule has 0 aliphatic carbocycles. The molecule has 0 aliphatic heterocycles. The third kappa shape index (κ3) is 4.77. The van der Waals surface area contributed by atoms with Gasteiger partial charge in [0.15, 0.2) is 6.10 Å². The van der Waals surface area contributed by atoms with Crippen molar-refractivity contribution in [3.05, 3.63) is 24.0 Å². The summed E-state index contributed by atoms with van der Waals surface area (Å²) in [6.07, 6.45) is 1.18. The molecule has 2 unspecified atom stereocenters. The standard InChI is InChI=1S/C14H21FN2O2/c1-4-5-9(2)17-14(18)10(3)19-13-8-11(15)6-7-12(13)16/h6-10H,4-5,16H2,1-3H3,(H,17,18). The van der Waals surface area contributed by atoms with Crippen molar-refractivity contribution in [3.63, 3.8) is 0 Å². The van der Waals surface area contributed by atoms with E-state index in [0.29, 0.717) is 5.69 Å². The number of hydrogen-bond donors (Lipinski definition) is 2. The number of nitrogens with two attached hydrogens (primary N) is 1. The van der Waals surface area contributed by atoms with E-state index in [0.717, 1.165) is 12.8 Å². The molecule has 0 bridgehead atoms. The number of ether oxygens (including phenoxy) is 1. The van der Waals surface area contributed by atoms with E-state index in [1.807, 2.05) is 6.92 Å². The SMILES string of the molecule is CCCC(C)NC(=O)C(C)Oc1cc(F)ccc1N. The van der Waals surface area contributed by atoms with Crippen LogP contribution in [0.2, 0.25) is 0 Å². The molecule has 0 fully saturated rings. The number of hydrogen-bond acceptors (Lipinski definition) is 3. The fourth-order valence-electron chi connectivity index (χ4n) is 1.72. The Morgan fingerprint density at radius 2 is 2.16 bits per heavy atom. The van der Waals surface area contributed by atoms with Crippen LogP contribution in [0.4, 0.5) is 10.1 Å². The average molecular weight is 268 g/mol. The smallest absolute Gasteiger partial charge is 0.260 e. The predicted octanol–water partition coefficient (Wildman–Crippen LogP) is 2.48. The molecular formula is C14H21FN2O2. The Hall–Kier alpha value is -1.78. The minimum Gasteiger partial charge on any atom is -0.479 e. The Balaban J connectivity index is 2.61. The van der Waals surface area contributed by atoms with Crippen molar-refractivity contribution in [2.75, 3.05) is 5.73 Å². The molecule has 19 heavy (non-hydrogen) atoms. The molecule has 0 aliphatic rings. The van der Waals surface area contributed by atoms with Gasteiger partial charge < -0.3 is 15.8 Å². The third-order valence-corrected chi connectivity index (χ3v) is 2.76. The summed E-state index contributed by atoms with van der Waals surface area (Å²) in [7, 11) is 0. The van der Waals surface area contributed by atoms with Gasteiger partial charge in [0.05, 0.1) is 5.69 Å². The highest BCUT2D eigenvalue weighted by Gasteiger charge is 2.17. The number of nitrogen functional groups attached to an aromatic ring is 1. The molecule has 1 amide bonds. The van der Waals surface area contributed by atoms with Crippen LogP contribution < -0.4 is 15.8 Å². The molecule has 0 saturated heterocycles. The summed E-state index contributed by atoms with van der Waals surface area (Å²) in [5.74, 6) is -0.494. The lowest BCUT2D eigenvalue weighted by Gasteiger charge is -2.19. The van der Waals surface area contributed by atoms with Gasteiger partial charge in [0.25, 0.3) is 5.91 Å². The first-order valence-corrected chi connectivity index (χ1v) is 6.46. The van der Waals surface area contributed by atoms with Crippen LogP contribution in [0.5, 0.6) is 5.75 Å². The molecule has 2 atom stereocenters. The molecule has 0 saturated carbocycles. The van der Waals surface area contributed by atoms with Crippen molar-refractivity contribution in [1.82, 2.24) is 5.32 Å². The van der Waals surface area contributed by atoms with Gasteiger partial charge in [-0.3, -0.25) is 4.79 Å². The van der Waals surface area contributed by atoms with E-state index >= 15 is 0 Å². The lowest BCUT2D eigenvalue weighted by Crippen LogP contribution is -2.41. The second kappa shape index (κ2) is 6.97. The first kappa shape index (κ1) is 15.3. The van der Waals surface area contributed by atoms with Crippen LogP contribution in [0.25, 0.3) is 0 Å². The number of carbonyl (C=O) groups is 1. The maximum atomic E-state index is 13.1. The summed E-state index contributed by atoms with van der Waals surface area (Å²) in [4.78, 5) is 11.9. The van der Waals surface area contributed by atoms with Gasteiger partial charge in [0.1, 0.15) is 11.6 Å². The summed E-state index contributed by atoms with van der Waals surface area (Å²) < 4.78 is 18.5. The first-order chi connectivity index (χ1) is 8.93. The second-order valence-corrected chi connectivity index (χ2v) is 4.64. The summed E-state index contributed by atoms with van der Waals surface area (Å²) in [5.41, 5.74) is 5.97. The molecule has 1 rings (SSSR count). The van der Waals surface area contributed by atoms with Gasteiger partial charge >= 0.3 is 0 Å². The number of nitrogens with one attached hydrogen (secondary N) is 1. The molecule has 1 aromatic carbocycles. The van der Waals surface area contributed by atoms with Gasteiger partial charge in [-0.15, -0.1) is 0 Å². The van der Waals surface area contributed by atoms with E-state index in [2.05, 4.69) is 12.2 Å². The fraction of sp³-hybridized carbons (Fsp3) is 0.500. The van der Waals surface area contributed by atoms with Gasteiger partial charge in [-0.2, -0.15) is 0 Å². The Labute approximate surface area is 113 Å². The third-order valence-electron chi connectivity index (χ3n) is 2.76. The number of halogens is 1. The Bertz CT molecular complexity index is 437. The normalized spacial score (nSPS) is 13.7. The van der Waals surface area contributed by atoms with E-state index in [1.165, 1.54) is 18.2 Å². The number of amides is 1. The van der Waals surface area contributed by atoms with E-state index < -0.39 is 11.9 Å². The van der Waals surface area contributed by atoms with Crippen LogP contribution in [0.1, 0.15) is 33.6 Å². The van der Waals surface area contributed by atoms with E-state index in [4.69, 9.17) is 10.5 Å². The zero-order valence-electron chi connectivity index (χ0n) is 11.6. The maximum Gasteiger partial charge on any atom is 0.260 e. The summed E-state index contributed by atoms with van der Waals surface area (Å²) in [6.45, 7) is 5.60. The minimum atomic E-state index is -0.719. The predicted molar refractivity (Wildman–Crippen MR) is 73.4 cm³/mol. The Morgan fingerprint density at radius 3 is 2.79 bits per heavy atom. The van der Waals surface area contributed by atoms with Crippen molar-refractivity contribution < 1.29 is 13.9 Å². The lowest BCUT2D eigenvalue weighted by molar-refractivity contribution is -0.127. The summed E-state index contributed by atoms with van der Waals surface area (Å²) in [5, 5.41) is 2.84. The number of benzene rings is 1. The number of carbonyl (C=O) groups excluding carboxylic acids is 1. The van der Waals surface area contributed by atoms with E-state index in [-0.39, 0.29) is 17.7 Å². The zero-order valence-corrected chi connectivity index (χ0v) is 11.6. The highest BCUT2D eigenvalue weighted by Crippen LogP contribution is 2.23. The van der Waals surface area contributed by atoms with Gasteiger partial charge in [0, 0.05) is 12.1 Å². The molecule has 4 nitrogen and oxygen atoms in total.